The molecule has 6 heteroatoms. The topological polar surface area (TPSA) is 68.9 Å². The minimum absolute atomic E-state index is 0.345. The molecule has 0 bridgehead atoms. The predicted octanol–water partition coefficient (Wildman–Crippen LogP) is 3.80. The van der Waals surface area contributed by atoms with Gasteiger partial charge in [0.1, 0.15) is 0 Å². The highest BCUT2D eigenvalue weighted by Crippen LogP contribution is 2.36. The van der Waals surface area contributed by atoms with E-state index >= 15 is 0 Å². The van der Waals surface area contributed by atoms with Gasteiger partial charge in [0.25, 0.3) is 11.8 Å². The van der Waals surface area contributed by atoms with Gasteiger partial charge in [-0.05, 0) is 25.0 Å². The number of nitrogens with one attached hydrogen (secondary N) is 1. The molecule has 0 unspecified atom stereocenters. The van der Waals surface area contributed by atoms with Crippen molar-refractivity contribution in [3.8, 4) is 0 Å². The smallest absolute Gasteiger partial charge is 0.259 e. The second kappa shape index (κ2) is 7.72. The predicted molar refractivity (Wildman–Crippen MR) is 120 cm³/mol. The summed E-state index contributed by atoms with van der Waals surface area (Å²) >= 11 is 0. The van der Waals surface area contributed by atoms with Crippen molar-refractivity contribution in [1.82, 2.24) is 19.4 Å². The Labute approximate surface area is 179 Å². The molecule has 1 aliphatic heterocycles. The highest BCUT2D eigenvalue weighted by molar-refractivity contribution is 6.50. The van der Waals surface area contributed by atoms with E-state index < -0.39 is 0 Å². The molecule has 2 aromatic heterocycles. The Bertz CT molecular complexity index is 1310. The number of carbonyl (C=O) groups excluding carboxylic acids is 2. The Kier molecular flexibility index (Phi) is 4.75. The Morgan fingerprint density at radius 3 is 2.48 bits per heavy atom. The van der Waals surface area contributed by atoms with Gasteiger partial charge in [-0.25, -0.2) is 4.98 Å². The number of aromatic nitrogens is 3. The molecule has 154 valence electrons. The fourth-order valence-corrected chi connectivity index (χ4v) is 4.18. The van der Waals surface area contributed by atoms with Gasteiger partial charge in [0.05, 0.1) is 17.5 Å². The Morgan fingerprint density at radius 2 is 1.71 bits per heavy atom. The molecule has 2 amide bonds. The number of nitrogens with zero attached hydrogens (tertiary/aromatic N) is 3. The van der Waals surface area contributed by atoms with E-state index in [0.29, 0.717) is 11.1 Å². The van der Waals surface area contributed by atoms with Crippen LogP contribution in [0.1, 0.15) is 23.1 Å². The van der Waals surface area contributed by atoms with Crippen LogP contribution in [0, 0.1) is 6.92 Å². The van der Waals surface area contributed by atoms with E-state index in [2.05, 4.69) is 20.9 Å². The highest BCUT2D eigenvalue weighted by Gasteiger charge is 2.33. The molecule has 3 heterocycles. The Morgan fingerprint density at radius 1 is 0.935 bits per heavy atom. The maximum Gasteiger partial charge on any atom is 0.259 e. The quantitative estimate of drug-likeness (QED) is 0.492. The number of hydrogen-bond donors (Lipinski definition) is 1. The van der Waals surface area contributed by atoms with Crippen LogP contribution in [-0.2, 0) is 22.7 Å². The van der Waals surface area contributed by atoms with Gasteiger partial charge in [0, 0.05) is 48.1 Å². The molecule has 6 nitrogen and oxygen atoms in total. The summed E-state index contributed by atoms with van der Waals surface area (Å²) in [5.74, 6) is -0.692. The summed E-state index contributed by atoms with van der Waals surface area (Å²) in [5, 5.41) is 3.46. The van der Waals surface area contributed by atoms with Gasteiger partial charge >= 0.3 is 0 Å². The molecule has 1 aliphatic rings. The molecule has 0 saturated carbocycles. The van der Waals surface area contributed by atoms with Crippen LogP contribution in [0.25, 0.3) is 22.0 Å². The van der Waals surface area contributed by atoms with Gasteiger partial charge in [0.2, 0.25) is 0 Å². The molecule has 5 rings (SSSR count). The van der Waals surface area contributed by atoms with Crippen LogP contribution in [0.4, 0.5) is 0 Å². The summed E-state index contributed by atoms with van der Waals surface area (Å²) in [6.45, 7) is 3.65. The SMILES string of the molecule is Cc1ccc(C2=C(c3cn(CCCn4ccnc4)c4ccccc34)C(=O)NC2=O)cc1. The first-order chi connectivity index (χ1) is 15.1. The third kappa shape index (κ3) is 3.46. The summed E-state index contributed by atoms with van der Waals surface area (Å²) in [6.07, 6.45) is 8.46. The Balaban J connectivity index is 1.59. The normalized spacial score (nSPS) is 14.0. The van der Waals surface area contributed by atoms with E-state index in [9.17, 15) is 9.59 Å². The van der Waals surface area contributed by atoms with E-state index in [0.717, 1.165) is 47.1 Å². The maximum absolute atomic E-state index is 12.8. The molecular formula is C25H22N4O2. The zero-order chi connectivity index (χ0) is 21.4. The first-order valence-electron chi connectivity index (χ1n) is 10.3. The van der Waals surface area contributed by atoms with E-state index in [-0.39, 0.29) is 11.8 Å². The second-order valence-corrected chi connectivity index (χ2v) is 7.81. The number of para-hydroxylation sites is 1. The number of amides is 2. The monoisotopic (exact) mass is 410 g/mol. The van der Waals surface area contributed by atoms with Gasteiger partial charge in [0.15, 0.2) is 0 Å². The summed E-state index contributed by atoms with van der Waals surface area (Å²) in [7, 11) is 0. The fraction of sp³-hybridized carbons (Fsp3) is 0.160. The lowest BCUT2D eigenvalue weighted by Gasteiger charge is -2.06. The van der Waals surface area contributed by atoms with Crippen LogP contribution in [0.15, 0.2) is 73.4 Å². The molecule has 0 aliphatic carbocycles. The van der Waals surface area contributed by atoms with Crippen LogP contribution >= 0.6 is 0 Å². The first-order valence-corrected chi connectivity index (χ1v) is 10.3. The molecule has 0 saturated heterocycles. The number of benzene rings is 2. The molecule has 0 radical (unpaired) electrons. The third-order valence-corrected chi connectivity index (χ3v) is 5.70. The Hall–Kier alpha value is -3.93. The highest BCUT2D eigenvalue weighted by atomic mass is 16.2. The van der Waals surface area contributed by atoms with E-state index in [1.807, 2.05) is 72.7 Å². The standard InChI is InChI=1S/C25H22N4O2/c1-17-7-9-18(10-8-17)22-23(25(31)27-24(22)30)20-15-29(21-6-3-2-5-19(20)21)13-4-12-28-14-11-26-16-28/h2-3,5-11,14-16H,4,12-13H2,1H3,(H,27,30,31). The second-order valence-electron chi connectivity index (χ2n) is 7.81. The lowest BCUT2D eigenvalue weighted by atomic mass is 9.95. The maximum atomic E-state index is 12.8. The average molecular weight is 410 g/mol. The number of aryl methyl sites for hydroxylation is 3. The van der Waals surface area contributed by atoms with Crippen molar-refractivity contribution in [2.45, 2.75) is 26.4 Å². The summed E-state index contributed by atoms with van der Waals surface area (Å²) < 4.78 is 4.21. The van der Waals surface area contributed by atoms with Crippen molar-refractivity contribution >= 4 is 33.9 Å². The molecule has 0 atom stereocenters. The number of rotatable bonds is 6. The van der Waals surface area contributed by atoms with Gasteiger partial charge in [-0.15, -0.1) is 0 Å². The van der Waals surface area contributed by atoms with Crippen molar-refractivity contribution in [3.63, 3.8) is 0 Å². The molecule has 31 heavy (non-hydrogen) atoms. The van der Waals surface area contributed by atoms with E-state index in [1.165, 1.54) is 0 Å². The van der Waals surface area contributed by atoms with Crippen LogP contribution in [0.5, 0.6) is 0 Å². The summed E-state index contributed by atoms with van der Waals surface area (Å²) in [5.41, 5.74) is 4.57. The minimum Gasteiger partial charge on any atom is -0.347 e. The molecule has 4 aromatic rings. The number of hydrogen-bond acceptors (Lipinski definition) is 3. The van der Waals surface area contributed by atoms with Crippen LogP contribution in [0.3, 0.4) is 0 Å². The zero-order valence-electron chi connectivity index (χ0n) is 17.2. The number of carbonyl (C=O) groups is 2. The van der Waals surface area contributed by atoms with Crippen molar-refractivity contribution in [2.75, 3.05) is 0 Å². The third-order valence-electron chi connectivity index (χ3n) is 5.70. The lowest BCUT2D eigenvalue weighted by Crippen LogP contribution is -2.22. The fourth-order valence-electron chi connectivity index (χ4n) is 4.18. The largest absolute Gasteiger partial charge is 0.347 e. The van der Waals surface area contributed by atoms with E-state index in [4.69, 9.17) is 0 Å². The van der Waals surface area contributed by atoms with Crippen LogP contribution in [-0.4, -0.2) is 25.9 Å². The molecule has 1 N–H and O–H groups in total. The van der Waals surface area contributed by atoms with E-state index in [1.54, 1.807) is 6.20 Å². The lowest BCUT2D eigenvalue weighted by molar-refractivity contribution is -0.122. The molecule has 2 aromatic carbocycles. The van der Waals surface area contributed by atoms with Crippen molar-refractivity contribution in [2.24, 2.45) is 0 Å². The molecule has 0 spiro atoms. The van der Waals surface area contributed by atoms with Crippen molar-refractivity contribution in [1.29, 1.82) is 0 Å². The summed E-state index contributed by atoms with van der Waals surface area (Å²) in [4.78, 5) is 29.6. The number of imidazole rings is 1. The van der Waals surface area contributed by atoms with Gasteiger partial charge in [-0.2, -0.15) is 0 Å². The summed E-state index contributed by atoms with van der Waals surface area (Å²) in [6, 6.07) is 15.7. The van der Waals surface area contributed by atoms with Gasteiger partial charge in [-0.3, -0.25) is 14.9 Å². The average Bonchev–Trinajstić information content (AvgIpc) is 3.47. The number of imide groups is 1. The van der Waals surface area contributed by atoms with Gasteiger partial charge in [-0.1, -0.05) is 48.0 Å². The minimum atomic E-state index is -0.346. The van der Waals surface area contributed by atoms with Crippen molar-refractivity contribution in [3.05, 3.63) is 90.1 Å². The molecule has 0 fully saturated rings. The van der Waals surface area contributed by atoms with Crippen LogP contribution in [0.2, 0.25) is 0 Å². The van der Waals surface area contributed by atoms with Crippen LogP contribution < -0.4 is 5.32 Å². The first kappa shape index (κ1) is 19.1. The molecular weight excluding hydrogens is 388 g/mol. The van der Waals surface area contributed by atoms with Gasteiger partial charge < -0.3 is 9.13 Å². The number of fused-ring (bicyclic) bond motifs is 1. The van der Waals surface area contributed by atoms with Crippen molar-refractivity contribution < 1.29 is 9.59 Å². The zero-order valence-corrected chi connectivity index (χ0v) is 17.2.